The minimum atomic E-state index is -2.77. The number of rotatable bonds is 3. The molecule has 1 rings (SSSR count). The summed E-state index contributed by atoms with van der Waals surface area (Å²) < 4.78 is 29.6. The summed E-state index contributed by atoms with van der Waals surface area (Å²) in [5.41, 5.74) is 4.65. The number of nitrogens with two attached hydrogens (primary N) is 1. The molecule has 0 spiro atoms. The minimum Gasteiger partial charge on any atom is -0.496 e. The number of ether oxygens (including phenoxy) is 1. The smallest absolute Gasteiger partial charge is 0.280 e. The summed E-state index contributed by atoms with van der Waals surface area (Å²) in [6.45, 7) is 1.53. The summed E-state index contributed by atoms with van der Waals surface area (Å²) in [6.07, 6.45) is -2.77. The number of amides is 1. The minimum absolute atomic E-state index is 0.175. The molecular weight excluding hydrogens is 206 g/mol. The van der Waals surface area contributed by atoms with E-state index in [9.17, 15) is 13.6 Å². The van der Waals surface area contributed by atoms with E-state index in [4.69, 9.17) is 10.5 Å². The van der Waals surface area contributed by atoms with Gasteiger partial charge in [-0.1, -0.05) is 0 Å². The van der Waals surface area contributed by atoms with Crippen molar-refractivity contribution in [1.82, 2.24) is 4.98 Å². The topological polar surface area (TPSA) is 65.2 Å². The molecule has 1 amide bonds. The van der Waals surface area contributed by atoms with E-state index in [2.05, 4.69) is 4.98 Å². The molecule has 0 radical (unpaired) electrons. The molecule has 0 fully saturated rings. The van der Waals surface area contributed by atoms with Crippen molar-refractivity contribution in [2.45, 2.75) is 13.3 Å². The van der Waals surface area contributed by atoms with E-state index in [1.165, 1.54) is 14.0 Å². The third-order valence-corrected chi connectivity index (χ3v) is 1.92. The molecule has 0 aliphatic carbocycles. The van der Waals surface area contributed by atoms with Gasteiger partial charge in [-0.3, -0.25) is 4.79 Å². The first-order valence-electron chi connectivity index (χ1n) is 4.10. The predicted molar refractivity (Wildman–Crippen MR) is 49.0 cm³/mol. The fourth-order valence-corrected chi connectivity index (χ4v) is 1.17. The Labute approximate surface area is 85.1 Å². The van der Waals surface area contributed by atoms with Gasteiger partial charge in [-0.05, 0) is 6.92 Å². The number of halogens is 2. The van der Waals surface area contributed by atoms with Crippen LogP contribution in [0.3, 0.4) is 0 Å². The van der Waals surface area contributed by atoms with Crippen LogP contribution in [0.1, 0.15) is 28.2 Å². The fraction of sp³-hybridized carbons (Fsp3) is 0.333. The van der Waals surface area contributed by atoms with Gasteiger partial charge in [-0.15, -0.1) is 0 Å². The molecule has 1 aromatic rings. The molecule has 0 aliphatic rings. The van der Waals surface area contributed by atoms with E-state index in [-0.39, 0.29) is 11.4 Å². The molecule has 1 heterocycles. The molecule has 0 saturated carbocycles. The fourth-order valence-electron chi connectivity index (χ4n) is 1.17. The van der Waals surface area contributed by atoms with Gasteiger partial charge in [0.2, 0.25) is 0 Å². The van der Waals surface area contributed by atoms with Gasteiger partial charge in [-0.25, -0.2) is 13.8 Å². The van der Waals surface area contributed by atoms with E-state index in [1.54, 1.807) is 0 Å². The second-order valence-corrected chi connectivity index (χ2v) is 2.89. The molecule has 4 nitrogen and oxygen atoms in total. The second-order valence-electron chi connectivity index (χ2n) is 2.89. The van der Waals surface area contributed by atoms with Gasteiger partial charge in [0.1, 0.15) is 17.1 Å². The van der Waals surface area contributed by atoms with Crippen LogP contribution >= 0.6 is 0 Å². The molecule has 0 aromatic carbocycles. The van der Waals surface area contributed by atoms with Crippen LogP contribution in [0.15, 0.2) is 6.07 Å². The van der Waals surface area contributed by atoms with Crippen LogP contribution in [-0.4, -0.2) is 18.0 Å². The summed E-state index contributed by atoms with van der Waals surface area (Å²) in [5.74, 6) is -0.678. The van der Waals surface area contributed by atoms with Gasteiger partial charge in [-0.2, -0.15) is 0 Å². The Kier molecular flexibility index (Phi) is 3.18. The van der Waals surface area contributed by atoms with Gasteiger partial charge < -0.3 is 10.5 Å². The standard InChI is InChI=1S/C9H10F2N2O2/c1-4-6(15-2)3-5(8(10)11)13-7(4)9(12)14/h3,8H,1-2H3,(H2,12,14). The van der Waals surface area contributed by atoms with Gasteiger partial charge in [0, 0.05) is 11.6 Å². The zero-order valence-electron chi connectivity index (χ0n) is 8.25. The highest BCUT2D eigenvalue weighted by Gasteiger charge is 2.18. The number of nitrogens with zero attached hydrogens (tertiary/aromatic N) is 1. The number of pyridine rings is 1. The lowest BCUT2D eigenvalue weighted by atomic mass is 10.1. The highest BCUT2D eigenvalue weighted by molar-refractivity contribution is 5.92. The summed E-state index contributed by atoms with van der Waals surface area (Å²) in [5, 5.41) is 0. The largest absolute Gasteiger partial charge is 0.496 e. The number of primary amides is 1. The summed E-state index contributed by atoms with van der Waals surface area (Å²) in [4.78, 5) is 14.4. The second kappa shape index (κ2) is 4.20. The highest BCUT2D eigenvalue weighted by atomic mass is 19.3. The van der Waals surface area contributed by atoms with Crippen molar-refractivity contribution in [3.05, 3.63) is 23.0 Å². The number of hydrogen-bond donors (Lipinski definition) is 1. The molecule has 82 valence electrons. The number of hydrogen-bond acceptors (Lipinski definition) is 3. The van der Waals surface area contributed by atoms with E-state index in [1.807, 2.05) is 0 Å². The van der Waals surface area contributed by atoms with Crippen molar-refractivity contribution in [3.8, 4) is 5.75 Å². The lowest BCUT2D eigenvalue weighted by molar-refractivity contribution is 0.0992. The van der Waals surface area contributed by atoms with Crippen molar-refractivity contribution >= 4 is 5.91 Å². The molecule has 0 unspecified atom stereocenters. The Morgan fingerprint density at radius 3 is 2.60 bits per heavy atom. The van der Waals surface area contributed by atoms with Gasteiger partial charge in [0.05, 0.1) is 7.11 Å². The zero-order valence-corrected chi connectivity index (χ0v) is 8.25. The van der Waals surface area contributed by atoms with Crippen molar-refractivity contribution < 1.29 is 18.3 Å². The van der Waals surface area contributed by atoms with Gasteiger partial charge in [0.25, 0.3) is 12.3 Å². The molecule has 1 aromatic heterocycles. The Hall–Kier alpha value is -1.72. The number of carbonyl (C=O) groups excluding carboxylic acids is 1. The molecular formula is C9H10F2N2O2. The quantitative estimate of drug-likeness (QED) is 0.831. The van der Waals surface area contributed by atoms with Gasteiger partial charge in [0.15, 0.2) is 0 Å². The van der Waals surface area contributed by atoms with Crippen LogP contribution in [-0.2, 0) is 0 Å². The van der Waals surface area contributed by atoms with Crippen LogP contribution in [0.25, 0.3) is 0 Å². The summed E-state index contributed by atoms with van der Waals surface area (Å²) in [6, 6.07) is 1.09. The van der Waals surface area contributed by atoms with E-state index < -0.39 is 18.0 Å². The first kappa shape index (κ1) is 11.4. The van der Waals surface area contributed by atoms with Crippen LogP contribution in [0, 0.1) is 6.92 Å². The molecule has 0 saturated heterocycles. The SMILES string of the molecule is COc1cc(C(F)F)nc(C(N)=O)c1C. The number of aromatic nitrogens is 1. The van der Waals surface area contributed by atoms with Crippen molar-refractivity contribution in [3.63, 3.8) is 0 Å². The van der Waals surface area contributed by atoms with Crippen LogP contribution in [0.2, 0.25) is 0 Å². The van der Waals surface area contributed by atoms with Crippen LogP contribution in [0.4, 0.5) is 8.78 Å². The lowest BCUT2D eigenvalue weighted by Gasteiger charge is -2.09. The zero-order chi connectivity index (χ0) is 11.6. The molecule has 2 N–H and O–H groups in total. The Morgan fingerprint density at radius 1 is 1.60 bits per heavy atom. The maximum Gasteiger partial charge on any atom is 0.280 e. The van der Waals surface area contributed by atoms with Crippen LogP contribution < -0.4 is 10.5 Å². The average Bonchev–Trinajstić information content (AvgIpc) is 2.17. The van der Waals surface area contributed by atoms with Gasteiger partial charge >= 0.3 is 0 Å². The van der Waals surface area contributed by atoms with Crippen molar-refractivity contribution in [2.24, 2.45) is 5.73 Å². The molecule has 6 heteroatoms. The molecule has 0 atom stereocenters. The van der Waals surface area contributed by atoms with Crippen molar-refractivity contribution in [1.29, 1.82) is 0 Å². The Bertz CT molecular complexity index is 394. The first-order chi connectivity index (χ1) is 6.97. The molecule has 15 heavy (non-hydrogen) atoms. The number of alkyl halides is 2. The van der Waals surface area contributed by atoms with E-state index >= 15 is 0 Å². The maximum atomic E-state index is 12.4. The Morgan fingerprint density at radius 2 is 2.20 bits per heavy atom. The molecule has 0 aliphatic heterocycles. The van der Waals surface area contributed by atoms with E-state index in [0.717, 1.165) is 6.07 Å². The maximum absolute atomic E-state index is 12.4. The highest BCUT2D eigenvalue weighted by Crippen LogP contribution is 2.26. The molecule has 0 bridgehead atoms. The van der Waals surface area contributed by atoms with E-state index in [0.29, 0.717) is 5.56 Å². The van der Waals surface area contributed by atoms with Crippen LogP contribution in [0.5, 0.6) is 5.75 Å². The van der Waals surface area contributed by atoms with Crippen molar-refractivity contribution in [2.75, 3.05) is 7.11 Å². The summed E-state index contributed by atoms with van der Waals surface area (Å²) >= 11 is 0. The predicted octanol–water partition coefficient (Wildman–Crippen LogP) is 1.44. The normalized spacial score (nSPS) is 10.5. The monoisotopic (exact) mass is 216 g/mol. The number of carbonyl (C=O) groups is 1. The first-order valence-corrected chi connectivity index (χ1v) is 4.10. The third kappa shape index (κ3) is 2.20. The third-order valence-electron chi connectivity index (χ3n) is 1.92. The Balaban J connectivity index is 3.38. The summed E-state index contributed by atoms with van der Waals surface area (Å²) in [7, 11) is 1.32. The lowest BCUT2D eigenvalue weighted by Crippen LogP contribution is -2.16. The number of methoxy groups -OCH3 is 1. The average molecular weight is 216 g/mol.